The van der Waals surface area contributed by atoms with Crippen LogP contribution in [0.5, 0.6) is 0 Å². The van der Waals surface area contributed by atoms with Crippen LogP contribution < -0.4 is 15.4 Å². The number of aromatic nitrogens is 2. The molecule has 0 spiro atoms. The van der Waals surface area contributed by atoms with E-state index in [2.05, 4.69) is 27.3 Å². The monoisotopic (exact) mass is 467 g/mol. The lowest BCUT2D eigenvalue weighted by molar-refractivity contribution is 0.122. The van der Waals surface area contributed by atoms with Gasteiger partial charge in [0.1, 0.15) is 0 Å². The third-order valence-electron chi connectivity index (χ3n) is 5.29. The van der Waals surface area contributed by atoms with Crippen molar-refractivity contribution in [3.8, 4) is 11.1 Å². The van der Waals surface area contributed by atoms with Crippen LogP contribution in [0.25, 0.3) is 21.3 Å². The first-order valence-corrected chi connectivity index (χ1v) is 12.5. The van der Waals surface area contributed by atoms with Crippen LogP contribution >= 0.6 is 11.3 Å². The first-order valence-electron chi connectivity index (χ1n) is 10.0. The fourth-order valence-corrected chi connectivity index (χ4v) is 5.07. The minimum atomic E-state index is -3.78. The van der Waals surface area contributed by atoms with Crippen LogP contribution in [0.4, 0.5) is 17.3 Å². The number of ether oxygens (including phenoxy) is 1. The van der Waals surface area contributed by atoms with Crippen molar-refractivity contribution in [1.29, 1.82) is 0 Å². The molecule has 8 nitrogen and oxygen atoms in total. The average molecular weight is 468 g/mol. The predicted molar refractivity (Wildman–Crippen MR) is 127 cm³/mol. The van der Waals surface area contributed by atoms with Crippen LogP contribution in [0.1, 0.15) is 0 Å². The minimum Gasteiger partial charge on any atom is -0.378 e. The molecule has 0 bridgehead atoms. The van der Waals surface area contributed by atoms with Gasteiger partial charge in [-0.25, -0.2) is 23.5 Å². The summed E-state index contributed by atoms with van der Waals surface area (Å²) in [5.74, 6) is 0.471. The van der Waals surface area contributed by atoms with Crippen LogP contribution in [-0.4, -0.2) is 44.7 Å². The number of nitrogens with two attached hydrogens (primary N) is 1. The molecule has 0 radical (unpaired) electrons. The molecule has 164 valence electrons. The van der Waals surface area contributed by atoms with Gasteiger partial charge in [-0.2, -0.15) is 0 Å². The van der Waals surface area contributed by atoms with Crippen LogP contribution in [0, 0.1) is 0 Å². The Morgan fingerprint density at radius 1 is 1.09 bits per heavy atom. The van der Waals surface area contributed by atoms with E-state index in [9.17, 15) is 8.42 Å². The molecule has 2 aromatic heterocycles. The molecule has 32 heavy (non-hydrogen) atoms. The number of hydrogen-bond donors (Lipinski definition) is 2. The Morgan fingerprint density at radius 3 is 2.62 bits per heavy atom. The molecule has 0 aliphatic carbocycles. The molecule has 1 aliphatic rings. The van der Waals surface area contributed by atoms with Gasteiger partial charge in [-0.1, -0.05) is 12.1 Å². The van der Waals surface area contributed by atoms with Gasteiger partial charge >= 0.3 is 0 Å². The molecule has 1 saturated heterocycles. The van der Waals surface area contributed by atoms with Crippen LogP contribution in [0.2, 0.25) is 0 Å². The highest BCUT2D eigenvalue weighted by molar-refractivity contribution is 7.89. The lowest BCUT2D eigenvalue weighted by Crippen LogP contribution is -2.36. The second kappa shape index (κ2) is 8.47. The summed E-state index contributed by atoms with van der Waals surface area (Å²) in [7, 11) is -3.78. The quantitative estimate of drug-likeness (QED) is 0.461. The smallest absolute Gasteiger partial charge is 0.238 e. The standard InChI is InChI=1S/C22H21N5O3S2/c23-32(28,29)18-3-1-2-15(12-18)19-14-31-20-13-24-22(26-21(19)20)25-16-4-6-17(7-5-16)27-8-10-30-11-9-27/h1-7,12-14H,8-11H2,(H2,23,28,29)(H,24,25,26). The Balaban J connectivity index is 1.42. The molecule has 0 atom stereocenters. The van der Waals surface area contributed by atoms with Crippen molar-refractivity contribution in [1.82, 2.24) is 9.97 Å². The minimum absolute atomic E-state index is 0.0714. The Morgan fingerprint density at radius 2 is 1.88 bits per heavy atom. The number of anilines is 3. The number of rotatable bonds is 5. The SMILES string of the molecule is NS(=O)(=O)c1cccc(-c2csc3cnc(Nc4ccc(N5CCOCC5)cc4)nc23)c1. The van der Waals surface area contributed by atoms with Gasteiger partial charge in [-0.15, -0.1) is 11.3 Å². The van der Waals surface area contributed by atoms with Crippen molar-refractivity contribution in [2.75, 3.05) is 36.5 Å². The number of thiophene rings is 1. The molecule has 0 unspecified atom stereocenters. The van der Waals surface area contributed by atoms with E-state index >= 15 is 0 Å². The van der Waals surface area contributed by atoms with E-state index in [1.165, 1.54) is 17.4 Å². The van der Waals surface area contributed by atoms with E-state index in [1.54, 1.807) is 18.3 Å². The average Bonchev–Trinajstić information content (AvgIpc) is 3.23. The summed E-state index contributed by atoms with van der Waals surface area (Å²) in [6, 6.07) is 14.7. The molecule has 4 aromatic rings. The molecular weight excluding hydrogens is 446 g/mol. The summed E-state index contributed by atoms with van der Waals surface area (Å²) in [4.78, 5) is 11.5. The largest absolute Gasteiger partial charge is 0.378 e. The number of morpholine rings is 1. The second-order valence-electron chi connectivity index (χ2n) is 7.40. The van der Waals surface area contributed by atoms with E-state index in [4.69, 9.17) is 14.9 Å². The molecule has 1 aliphatic heterocycles. The van der Waals surface area contributed by atoms with Gasteiger partial charge in [-0.05, 0) is 42.0 Å². The number of nitrogens with one attached hydrogen (secondary N) is 1. The second-order valence-corrected chi connectivity index (χ2v) is 9.87. The van der Waals surface area contributed by atoms with Gasteiger partial charge in [-0.3, -0.25) is 0 Å². The fraction of sp³-hybridized carbons (Fsp3) is 0.182. The number of benzene rings is 2. The highest BCUT2D eigenvalue weighted by atomic mass is 32.2. The lowest BCUT2D eigenvalue weighted by Gasteiger charge is -2.28. The van der Waals surface area contributed by atoms with Crippen molar-refractivity contribution in [2.45, 2.75) is 4.90 Å². The van der Waals surface area contributed by atoms with E-state index in [1.807, 2.05) is 23.6 Å². The summed E-state index contributed by atoms with van der Waals surface area (Å²) in [6.45, 7) is 3.27. The highest BCUT2D eigenvalue weighted by Crippen LogP contribution is 2.34. The summed E-state index contributed by atoms with van der Waals surface area (Å²) in [5.41, 5.74) is 4.37. The third kappa shape index (κ3) is 4.30. The lowest BCUT2D eigenvalue weighted by atomic mass is 10.1. The molecule has 2 aromatic carbocycles. The number of primary sulfonamides is 1. The van der Waals surface area contributed by atoms with Crippen molar-refractivity contribution >= 4 is 48.9 Å². The predicted octanol–water partition coefficient (Wildman–Crippen LogP) is 3.59. The zero-order chi connectivity index (χ0) is 22.1. The molecule has 1 fully saturated rings. The highest BCUT2D eigenvalue weighted by Gasteiger charge is 2.14. The summed E-state index contributed by atoms with van der Waals surface area (Å²) >= 11 is 1.51. The zero-order valence-electron chi connectivity index (χ0n) is 17.1. The number of sulfonamides is 1. The zero-order valence-corrected chi connectivity index (χ0v) is 18.7. The summed E-state index contributed by atoms with van der Waals surface area (Å²) in [6.07, 6.45) is 1.77. The maximum Gasteiger partial charge on any atom is 0.238 e. The van der Waals surface area contributed by atoms with E-state index in [-0.39, 0.29) is 4.90 Å². The first kappa shape index (κ1) is 20.8. The van der Waals surface area contributed by atoms with Crippen LogP contribution in [-0.2, 0) is 14.8 Å². The van der Waals surface area contributed by atoms with Crippen molar-refractivity contribution in [2.24, 2.45) is 5.14 Å². The van der Waals surface area contributed by atoms with Crippen LogP contribution in [0.15, 0.2) is 65.0 Å². The number of fused-ring (bicyclic) bond motifs is 1. The normalized spacial score (nSPS) is 14.6. The van der Waals surface area contributed by atoms with E-state index in [0.717, 1.165) is 59.0 Å². The number of nitrogens with zero attached hydrogens (tertiary/aromatic N) is 3. The Kier molecular flexibility index (Phi) is 5.51. The maximum atomic E-state index is 11.7. The van der Waals surface area contributed by atoms with E-state index in [0.29, 0.717) is 5.95 Å². The molecule has 0 saturated carbocycles. The van der Waals surface area contributed by atoms with Crippen LogP contribution in [0.3, 0.4) is 0 Å². The Labute approximate surface area is 189 Å². The fourth-order valence-electron chi connectivity index (χ4n) is 3.64. The van der Waals surface area contributed by atoms with Crippen molar-refractivity contribution in [3.05, 3.63) is 60.1 Å². The molecule has 10 heteroatoms. The van der Waals surface area contributed by atoms with Gasteiger partial charge in [0.15, 0.2) is 0 Å². The van der Waals surface area contributed by atoms with Gasteiger partial charge in [0.2, 0.25) is 16.0 Å². The Hall–Kier alpha value is -3.05. The van der Waals surface area contributed by atoms with Crippen molar-refractivity contribution < 1.29 is 13.2 Å². The topological polar surface area (TPSA) is 110 Å². The van der Waals surface area contributed by atoms with Gasteiger partial charge < -0.3 is 15.0 Å². The third-order valence-corrected chi connectivity index (χ3v) is 7.10. The maximum absolute atomic E-state index is 11.7. The first-order chi connectivity index (χ1) is 15.5. The van der Waals surface area contributed by atoms with Gasteiger partial charge in [0, 0.05) is 35.4 Å². The van der Waals surface area contributed by atoms with Gasteiger partial charge in [0.25, 0.3) is 0 Å². The van der Waals surface area contributed by atoms with E-state index < -0.39 is 10.0 Å². The molecule has 3 N–H and O–H groups in total. The van der Waals surface area contributed by atoms with Gasteiger partial charge in [0.05, 0.1) is 34.5 Å². The number of hydrogen-bond acceptors (Lipinski definition) is 8. The molecular formula is C22H21N5O3S2. The van der Waals surface area contributed by atoms with Crippen molar-refractivity contribution in [3.63, 3.8) is 0 Å². The molecule has 5 rings (SSSR count). The summed E-state index contributed by atoms with van der Waals surface area (Å²) in [5, 5.41) is 10.5. The molecule has 3 heterocycles. The Bertz CT molecular complexity index is 1360. The summed E-state index contributed by atoms with van der Waals surface area (Å²) < 4.78 is 29.8. The molecule has 0 amide bonds.